The Kier molecular flexibility index (Phi) is 2.58. The van der Waals surface area contributed by atoms with E-state index in [1.165, 1.54) is 0 Å². The molecule has 0 bridgehead atoms. The third-order valence-corrected chi connectivity index (χ3v) is 1.80. The number of hydrogen-bond acceptors (Lipinski definition) is 4. The van der Waals surface area contributed by atoms with Crippen LogP contribution in [0.4, 0.5) is 0 Å². The third-order valence-electron chi connectivity index (χ3n) is 1.80. The van der Waals surface area contributed by atoms with Crippen LogP contribution in [0.1, 0.15) is 20.8 Å². The molecule has 1 aliphatic heterocycles. The first-order valence-corrected chi connectivity index (χ1v) is 3.95. The zero-order chi connectivity index (χ0) is 9.14. The molecule has 1 unspecified atom stereocenters. The van der Waals surface area contributed by atoms with Gasteiger partial charge < -0.3 is 4.74 Å². The molecule has 0 saturated heterocycles. The number of carbonyl (C=O) groups is 1. The van der Waals surface area contributed by atoms with Gasteiger partial charge in [-0.15, -0.1) is 5.11 Å². The first kappa shape index (κ1) is 8.90. The standard InChI is InChI=1S/C8H12N2O2/c1-4-12-8(11)7-5(2)6(3)9-10-7/h6H,4H2,1-3H3. The molecule has 0 amide bonds. The molecule has 12 heavy (non-hydrogen) atoms. The van der Waals surface area contributed by atoms with E-state index in [0.29, 0.717) is 12.3 Å². The van der Waals surface area contributed by atoms with Gasteiger partial charge in [-0.3, -0.25) is 0 Å². The average molecular weight is 168 g/mol. The highest BCUT2D eigenvalue weighted by Gasteiger charge is 2.22. The minimum atomic E-state index is -0.372. The lowest BCUT2D eigenvalue weighted by Gasteiger charge is -2.00. The molecule has 0 aromatic rings. The molecule has 66 valence electrons. The Morgan fingerprint density at radius 2 is 2.33 bits per heavy atom. The second-order valence-corrected chi connectivity index (χ2v) is 2.64. The van der Waals surface area contributed by atoms with Crippen LogP contribution in [0.15, 0.2) is 21.5 Å². The van der Waals surface area contributed by atoms with E-state index in [0.717, 1.165) is 5.57 Å². The van der Waals surface area contributed by atoms with Crippen LogP contribution in [-0.2, 0) is 9.53 Å². The van der Waals surface area contributed by atoms with Crippen molar-refractivity contribution >= 4 is 5.97 Å². The van der Waals surface area contributed by atoms with Crippen LogP contribution in [0, 0.1) is 0 Å². The van der Waals surface area contributed by atoms with E-state index in [-0.39, 0.29) is 12.0 Å². The maximum absolute atomic E-state index is 11.2. The smallest absolute Gasteiger partial charge is 0.358 e. The van der Waals surface area contributed by atoms with Crippen molar-refractivity contribution in [2.24, 2.45) is 10.2 Å². The first-order chi connectivity index (χ1) is 5.66. The lowest BCUT2D eigenvalue weighted by atomic mass is 10.1. The zero-order valence-electron chi connectivity index (χ0n) is 7.50. The summed E-state index contributed by atoms with van der Waals surface area (Å²) in [7, 11) is 0. The molecule has 0 fully saturated rings. The summed E-state index contributed by atoms with van der Waals surface area (Å²) < 4.78 is 4.79. The molecule has 1 rings (SSSR count). The third kappa shape index (κ3) is 1.52. The fourth-order valence-electron chi connectivity index (χ4n) is 0.909. The van der Waals surface area contributed by atoms with Crippen molar-refractivity contribution in [2.75, 3.05) is 6.61 Å². The highest BCUT2D eigenvalue weighted by Crippen LogP contribution is 2.21. The Morgan fingerprint density at radius 3 is 2.75 bits per heavy atom. The van der Waals surface area contributed by atoms with Crippen LogP contribution in [-0.4, -0.2) is 18.6 Å². The lowest BCUT2D eigenvalue weighted by Crippen LogP contribution is -2.07. The van der Waals surface area contributed by atoms with Crippen molar-refractivity contribution in [1.29, 1.82) is 0 Å². The number of ether oxygens (including phenoxy) is 1. The topological polar surface area (TPSA) is 51.0 Å². The molecular weight excluding hydrogens is 156 g/mol. The van der Waals surface area contributed by atoms with E-state index < -0.39 is 0 Å². The van der Waals surface area contributed by atoms with Gasteiger partial charge in [0.2, 0.25) is 0 Å². The monoisotopic (exact) mass is 168 g/mol. The minimum absolute atomic E-state index is 0.0180. The maximum Gasteiger partial charge on any atom is 0.358 e. The van der Waals surface area contributed by atoms with Gasteiger partial charge in [0.05, 0.1) is 12.6 Å². The van der Waals surface area contributed by atoms with E-state index in [9.17, 15) is 4.79 Å². The Balaban J connectivity index is 2.75. The van der Waals surface area contributed by atoms with Gasteiger partial charge in [0, 0.05) is 0 Å². The van der Waals surface area contributed by atoms with Crippen molar-refractivity contribution in [3.8, 4) is 0 Å². The summed E-state index contributed by atoms with van der Waals surface area (Å²) in [6.45, 7) is 5.88. The Labute approximate surface area is 71.3 Å². The molecule has 0 radical (unpaired) electrons. The van der Waals surface area contributed by atoms with Gasteiger partial charge in [0.25, 0.3) is 0 Å². The summed E-state index contributed by atoms with van der Waals surface area (Å²) >= 11 is 0. The summed E-state index contributed by atoms with van der Waals surface area (Å²) in [4.78, 5) is 11.2. The number of hydrogen-bond donors (Lipinski definition) is 0. The summed E-state index contributed by atoms with van der Waals surface area (Å²) in [5, 5.41) is 7.60. The molecule has 4 heteroatoms. The predicted octanol–water partition coefficient (Wildman–Crippen LogP) is 1.68. The van der Waals surface area contributed by atoms with Crippen LogP contribution in [0.2, 0.25) is 0 Å². The second-order valence-electron chi connectivity index (χ2n) is 2.64. The zero-order valence-corrected chi connectivity index (χ0v) is 7.50. The van der Waals surface area contributed by atoms with Crippen LogP contribution in [0.3, 0.4) is 0 Å². The van der Waals surface area contributed by atoms with Crippen LogP contribution >= 0.6 is 0 Å². The summed E-state index contributed by atoms with van der Waals surface area (Å²) in [6, 6.07) is 0.0180. The van der Waals surface area contributed by atoms with E-state index in [1.807, 2.05) is 13.8 Å². The molecular formula is C8H12N2O2. The van der Waals surface area contributed by atoms with Gasteiger partial charge in [-0.1, -0.05) is 0 Å². The van der Waals surface area contributed by atoms with Crippen molar-refractivity contribution in [3.63, 3.8) is 0 Å². The largest absolute Gasteiger partial charge is 0.461 e. The van der Waals surface area contributed by atoms with E-state index >= 15 is 0 Å². The van der Waals surface area contributed by atoms with Crippen LogP contribution in [0.25, 0.3) is 0 Å². The highest BCUT2D eigenvalue weighted by molar-refractivity contribution is 5.89. The second kappa shape index (κ2) is 3.47. The van der Waals surface area contributed by atoms with Crippen LogP contribution < -0.4 is 0 Å². The van der Waals surface area contributed by atoms with Gasteiger partial charge in [-0.05, 0) is 26.3 Å². The van der Waals surface area contributed by atoms with Crippen molar-refractivity contribution in [2.45, 2.75) is 26.8 Å². The van der Waals surface area contributed by atoms with Crippen molar-refractivity contribution in [1.82, 2.24) is 0 Å². The lowest BCUT2D eigenvalue weighted by molar-refractivity contribution is -0.138. The number of azo groups is 1. The number of rotatable bonds is 2. The molecule has 4 nitrogen and oxygen atoms in total. The molecule has 1 heterocycles. The Morgan fingerprint density at radius 1 is 1.67 bits per heavy atom. The molecule has 1 atom stereocenters. The fraction of sp³-hybridized carbons (Fsp3) is 0.625. The van der Waals surface area contributed by atoms with E-state index in [2.05, 4.69) is 10.2 Å². The number of esters is 1. The molecule has 0 aromatic heterocycles. The van der Waals surface area contributed by atoms with E-state index in [1.54, 1.807) is 6.92 Å². The van der Waals surface area contributed by atoms with Gasteiger partial charge in [-0.25, -0.2) is 4.79 Å². The molecule has 1 aliphatic rings. The highest BCUT2D eigenvalue weighted by atomic mass is 16.5. The SMILES string of the molecule is CCOC(=O)C1=C(C)C(C)N=N1. The molecule has 0 aliphatic carbocycles. The fourth-order valence-corrected chi connectivity index (χ4v) is 0.909. The van der Waals surface area contributed by atoms with Gasteiger partial charge in [0.1, 0.15) is 0 Å². The number of carbonyl (C=O) groups excluding carboxylic acids is 1. The van der Waals surface area contributed by atoms with Gasteiger partial charge in [0.15, 0.2) is 5.70 Å². The quantitative estimate of drug-likeness (QED) is 0.589. The van der Waals surface area contributed by atoms with Gasteiger partial charge >= 0.3 is 5.97 Å². The molecule has 0 spiro atoms. The predicted molar refractivity (Wildman–Crippen MR) is 43.7 cm³/mol. The molecule has 0 aromatic carbocycles. The Hall–Kier alpha value is -1.19. The molecule has 0 N–H and O–H groups in total. The minimum Gasteiger partial charge on any atom is -0.461 e. The molecule has 0 saturated carbocycles. The normalized spacial score (nSPS) is 21.8. The summed E-state index contributed by atoms with van der Waals surface area (Å²) in [5.41, 5.74) is 1.25. The van der Waals surface area contributed by atoms with Crippen LogP contribution in [0.5, 0.6) is 0 Å². The Bertz CT molecular complexity index is 256. The van der Waals surface area contributed by atoms with E-state index in [4.69, 9.17) is 4.74 Å². The maximum atomic E-state index is 11.2. The van der Waals surface area contributed by atoms with Crippen molar-refractivity contribution < 1.29 is 9.53 Å². The van der Waals surface area contributed by atoms with Crippen molar-refractivity contribution in [3.05, 3.63) is 11.3 Å². The van der Waals surface area contributed by atoms with Gasteiger partial charge in [-0.2, -0.15) is 5.11 Å². The average Bonchev–Trinajstić information content (AvgIpc) is 2.34. The first-order valence-electron chi connectivity index (χ1n) is 3.95. The summed E-state index contributed by atoms with van der Waals surface area (Å²) in [5.74, 6) is -0.372. The number of nitrogens with zero attached hydrogens (tertiary/aromatic N) is 2. The summed E-state index contributed by atoms with van der Waals surface area (Å²) in [6.07, 6.45) is 0.